The molecule has 8 heavy (non-hydrogen) atoms. The van der Waals surface area contributed by atoms with Crippen molar-refractivity contribution in [2.24, 2.45) is 11.3 Å². The van der Waals surface area contributed by atoms with Gasteiger partial charge in [0.25, 0.3) is 0 Å². The molecular formula is C8H13. The lowest BCUT2D eigenvalue weighted by molar-refractivity contribution is 0.637. The van der Waals surface area contributed by atoms with Crippen LogP contribution < -0.4 is 0 Å². The lowest BCUT2D eigenvalue weighted by Gasteiger charge is -2.02. The van der Waals surface area contributed by atoms with Gasteiger partial charge in [0.2, 0.25) is 0 Å². The van der Waals surface area contributed by atoms with Crippen molar-refractivity contribution < 1.29 is 0 Å². The molecule has 0 saturated heterocycles. The molecule has 45 valence electrons. The summed E-state index contributed by atoms with van der Waals surface area (Å²) in [7, 11) is 0. The summed E-state index contributed by atoms with van der Waals surface area (Å²) in [6.07, 6.45) is 4.40. The van der Waals surface area contributed by atoms with Gasteiger partial charge in [0.1, 0.15) is 0 Å². The maximum Gasteiger partial charge on any atom is -0.0151 e. The second-order valence-electron chi connectivity index (χ2n) is 3.69. The van der Waals surface area contributed by atoms with Crippen molar-refractivity contribution in [3.63, 3.8) is 0 Å². The molecule has 2 aliphatic rings. The first-order valence-corrected chi connectivity index (χ1v) is 3.58. The van der Waals surface area contributed by atoms with Crippen LogP contribution in [0.4, 0.5) is 0 Å². The first-order chi connectivity index (χ1) is 3.72. The van der Waals surface area contributed by atoms with E-state index in [9.17, 15) is 0 Å². The van der Waals surface area contributed by atoms with Crippen molar-refractivity contribution in [2.45, 2.75) is 33.1 Å². The first-order valence-electron chi connectivity index (χ1n) is 3.58. The minimum absolute atomic E-state index is 0.749. The van der Waals surface area contributed by atoms with Crippen LogP contribution >= 0.6 is 0 Å². The highest BCUT2D eigenvalue weighted by atomic mass is 14.6. The predicted octanol–water partition coefficient (Wildman–Crippen LogP) is 2.40. The average Bonchev–Trinajstić information content (AvgIpc) is 2.47. The highest BCUT2D eigenvalue weighted by Crippen LogP contribution is 2.65. The zero-order valence-corrected chi connectivity index (χ0v) is 5.70. The van der Waals surface area contributed by atoms with E-state index >= 15 is 0 Å². The number of hydrogen-bond donors (Lipinski definition) is 0. The third kappa shape index (κ3) is 0.519. The molecule has 0 unspecified atom stereocenters. The Morgan fingerprint density at radius 1 is 1.50 bits per heavy atom. The first kappa shape index (κ1) is 4.84. The monoisotopic (exact) mass is 109 g/mol. The SMILES string of the molecule is C[C@@H]1C[C]1C1(C)CC1. The van der Waals surface area contributed by atoms with Crippen LogP contribution in [-0.2, 0) is 0 Å². The lowest BCUT2D eigenvalue weighted by atomic mass is 10.0. The Balaban J connectivity index is 1.99. The van der Waals surface area contributed by atoms with Crippen molar-refractivity contribution >= 4 is 0 Å². The Morgan fingerprint density at radius 2 is 2.00 bits per heavy atom. The molecule has 0 bridgehead atoms. The summed E-state index contributed by atoms with van der Waals surface area (Å²) in [4.78, 5) is 0. The molecule has 2 saturated carbocycles. The second kappa shape index (κ2) is 1.12. The quantitative estimate of drug-likeness (QED) is 0.485. The molecule has 2 rings (SSSR count). The number of rotatable bonds is 1. The summed E-state index contributed by atoms with van der Waals surface area (Å²) in [5, 5.41) is 0. The zero-order chi connectivity index (χ0) is 5.78. The molecule has 0 nitrogen and oxygen atoms in total. The number of hydrogen-bond acceptors (Lipinski definition) is 0. The van der Waals surface area contributed by atoms with Gasteiger partial charge >= 0.3 is 0 Å². The Labute approximate surface area is 51.3 Å². The van der Waals surface area contributed by atoms with Gasteiger partial charge < -0.3 is 0 Å². The van der Waals surface area contributed by atoms with Crippen molar-refractivity contribution in [1.29, 1.82) is 0 Å². The second-order valence-corrected chi connectivity index (χ2v) is 3.69. The molecule has 0 aliphatic heterocycles. The molecule has 0 N–H and O–H groups in total. The van der Waals surface area contributed by atoms with Crippen molar-refractivity contribution in [3.8, 4) is 0 Å². The third-order valence-corrected chi connectivity index (χ3v) is 2.74. The molecule has 1 atom stereocenters. The minimum atomic E-state index is 0.749. The smallest absolute Gasteiger partial charge is 0.0151 e. The largest absolute Gasteiger partial charge is 0.0619 e. The van der Waals surface area contributed by atoms with Gasteiger partial charge in [-0.3, -0.25) is 0 Å². The van der Waals surface area contributed by atoms with Crippen LogP contribution in [0.15, 0.2) is 0 Å². The van der Waals surface area contributed by atoms with Crippen LogP contribution in [0.25, 0.3) is 0 Å². The summed E-state index contributed by atoms with van der Waals surface area (Å²) >= 11 is 0. The highest BCUT2D eigenvalue weighted by molar-refractivity contribution is 5.26. The summed E-state index contributed by atoms with van der Waals surface area (Å²) in [6.45, 7) is 4.75. The molecule has 2 fully saturated rings. The van der Waals surface area contributed by atoms with Crippen LogP contribution in [-0.4, -0.2) is 0 Å². The molecule has 1 radical (unpaired) electrons. The molecular weight excluding hydrogens is 96.1 g/mol. The van der Waals surface area contributed by atoms with Gasteiger partial charge in [-0.1, -0.05) is 13.8 Å². The van der Waals surface area contributed by atoms with E-state index in [4.69, 9.17) is 0 Å². The molecule has 0 amide bonds. The molecule has 0 heterocycles. The molecule has 0 heteroatoms. The van der Waals surface area contributed by atoms with E-state index in [2.05, 4.69) is 13.8 Å². The summed E-state index contributed by atoms with van der Waals surface area (Å²) < 4.78 is 0. The van der Waals surface area contributed by atoms with E-state index in [1.807, 2.05) is 5.92 Å². The molecule has 0 aromatic rings. The fourth-order valence-corrected chi connectivity index (χ4v) is 1.62. The van der Waals surface area contributed by atoms with E-state index in [0.717, 1.165) is 11.3 Å². The van der Waals surface area contributed by atoms with Gasteiger partial charge in [0, 0.05) is 0 Å². The summed E-state index contributed by atoms with van der Waals surface area (Å²) in [5.74, 6) is 2.85. The average molecular weight is 109 g/mol. The minimum Gasteiger partial charge on any atom is -0.0619 e. The summed E-state index contributed by atoms with van der Waals surface area (Å²) in [6, 6.07) is 0. The normalized spacial score (nSPS) is 42.0. The van der Waals surface area contributed by atoms with Crippen LogP contribution in [0.1, 0.15) is 33.1 Å². The third-order valence-electron chi connectivity index (χ3n) is 2.74. The maximum atomic E-state index is 2.41. The van der Waals surface area contributed by atoms with Crippen LogP contribution in [0.2, 0.25) is 0 Å². The molecule has 0 aromatic carbocycles. The maximum absolute atomic E-state index is 2.41. The van der Waals surface area contributed by atoms with Crippen molar-refractivity contribution in [1.82, 2.24) is 0 Å². The van der Waals surface area contributed by atoms with Crippen LogP contribution in [0, 0.1) is 17.3 Å². The van der Waals surface area contributed by atoms with Gasteiger partial charge in [0.05, 0.1) is 0 Å². The zero-order valence-electron chi connectivity index (χ0n) is 5.70. The fourth-order valence-electron chi connectivity index (χ4n) is 1.62. The Bertz CT molecular complexity index is 111. The topological polar surface area (TPSA) is 0 Å². The van der Waals surface area contributed by atoms with E-state index in [0.29, 0.717) is 0 Å². The van der Waals surface area contributed by atoms with E-state index in [1.165, 1.54) is 19.3 Å². The van der Waals surface area contributed by atoms with E-state index in [-0.39, 0.29) is 0 Å². The summed E-state index contributed by atoms with van der Waals surface area (Å²) in [5.41, 5.74) is 0.749. The van der Waals surface area contributed by atoms with Gasteiger partial charge in [-0.05, 0) is 36.5 Å². The van der Waals surface area contributed by atoms with Crippen LogP contribution in [0.5, 0.6) is 0 Å². The van der Waals surface area contributed by atoms with E-state index < -0.39 is 0 Å². The Morgan fingerprint density at radius 3 is 2.12 bits per heavy atom. The standard InChI is InChI=1S/C8H13/c1-6-5-7(6)8(2)3-4-8/h6H,3-5H2,1-2H3/t6-/m1/s1. The fraction of sp³-hybridized carbons (Fsp3) is 0.875. The van der Waals surface area contributed by atoms with Gasteiger partial charge in [-0.15, -0.1) is 0 Å². The molecule has 0 spiro atoms. The van der Waals surface area contributed by atoms with E-state index in [1.54, 1.807) is 0 Å². The Hall–Kier alpha value is 0. The highest BCUT2D eigenvalue weighted by Gasteiger charge is 2.54. The Kier molecular flexibility index (Phi) is 0.678. The van der Waals surface area contributed by atoms with Gasteiger partial charge in [-0.25, -0.2) is 0 Å². The van der Waals surface area contributed by atoms with Crippen molar-refractivity contribution in [3.05, 3.63) is 5.92 Å². The predicted molar refractivity (Wildman–Crippen MR) is 34.4 cm³/mol. The van der Waals surface area contributed by atoms with Crippen LogP contribution in [0.3, 0.4) is 0 Å². The molecule has 2 aliphatic carbocycles. The van der Waals surface area contributed by atoms with Gasteiger partial charge in [-0.2, -0.15) is 0 Å². The van der Waals surface area contributed by atoms with Gasteiger partial charge in [0.15, 0.2) is 0 Å². The van der Waals surface area contributed by atoms with Crippen molar-refractivity contribution in [2.75, 3.05) is 0 Å². The lowest BCUT2D eigenvalue weighted by Crippen LogP contribution is -1.93. The molecule has 0 aromatic heterocycles.